The fraction of sp³-hybridized carbons (Fsp3) is 0.750. The highest BCUT2D eigenvalue weighted by molar-refractivity contribution is 14.1. The smallest absolute Gasteiger partial charge is 0.236 e. The van der Waals surface area contributed by atoms with Crippen LogP contribution < -0.4 is 0 Å². The topological polar surface area (TPSA) is 51.4 Å². The molecule has 14 heavy (non-hydrogen) atoms. The highest BCUT2D eigenvalue weighted by Crippen LogP contribution is 2.06. The van der Waals surface area contributed by atoms with E-state index in [-0.39, 0.29) is 0 Å². The van der Waals surface area contributed by atoms with Gasteiger partial charge in [0.2, 0.25) is 5.89 Å². The van der Waals surface area contributed by atoms with E-state index in [1.54, 1.807) is 0 Å². The minimum absolute atomic E-state index is 0.703. The van der Waals surface area contributed by atoms with Gasteiger partial charge in [-0.1, -0.05) is 27.7 Å². The molecule has 0 atom stereocenters. The molecule has 2 rings (SSSR count). The van der Waals surface area contributed by atoms with Crippen molar-refractivity contribution in [3.05, 3.63) is 11.7 Å². The van der Waals surface area contributed by atoms with Crippen LogP contribution in [0.2, 0.25) is 0 Å². The largest absolute Gasteiger partial charge is 0.379 e. The number of rotatable bonds is 3. The number of aromatic nitrogens is 2. The van der Waals surface area contributed by atoms with Crippen molar-refractivity contribution in [2.75, 3.05) is 26.3 Å². The summed E-state index contributed by atoms with van der Waals surface area (Å²) in [6.45, 7) is 4.28. The molecule has 78 valence electrons. The van der Waals surface area contributed by atoms with Crippen LogP contribution in [0.15, 0.2) is 4.52 Å². The van der Waals surface area contributed by atoms with Crippen LogP contribution in [0.1, 0.15) is 11.7 Å². The van der Waals surface area contributed by atoms with Crippen molar-refractivity contribution in [1.82, 2.24) is 15.0 Å². The van der Waals surface area contributed by atoms with Gasteiger partial charge in [-0.2, -0.15) is 4.98 Å². The van der Waals surface area contributed by atoms with Crippen molar-refractivity contribution in [2.45, 2.75) is 11.0 Å². The Balaban J connectivity index is 1.89. The second-order valence-electron chi connectivity index (χ2n) is 3.13. The van der Waals surface area contributed by atoms with E-state index in [0.29, 0.717) is 5.89 Å². The van der Waals surface area contributed by atoms with E-state index in [1.165, 1.54) is 0 Å². The molecule has 0 N–H and O–H groups in total. The fourth-order valence-electron chi connectivity index (χ4n) is 1.37. The molecule has 0 radical (unpaired) electrons. The number of ether oxygens (including phenoxy) is 1. The number of nitrogens with zero attached hydrogens (tertiary/aromatic N) is 3. The summed E-state index contributed by atoms with van der Waals surface area (Å²) in [4.78, 5) is 6.52. The lowest BCUT2D eigenvalue weighted by atomic mass is 10.4. The molecule has 6 heteroatoms. The summed E-state index contributed by atoms with van der Waals surface area (Å²) in [5.74, 6) is 1.48. The van der Waals surface area contributed by atoms with Gasteiger partial charge in [-0.3, -0.25) is 4.90 Å². The van der Waals surface area contributed by atoms with Crippen LogP contribution >= 0.6 is 22.6 Å². The Morgan fingerprint density at radius 3 is 2.79 bits per heavy atom. The zero-order valence-electron chi connectivity index (χ0n) is 7.78. The van der Waals surface area contributed by atoms with Gasteiger partial charge in [-0.15, -0.1) is 0 Å². The van der Waals surface area contributed by atoms with Crippen LogP contribution in [0.25, 0.3) is 0 Å². The maximum absolute atomic E-state index is 5.26. The van der Waals surface area contributed by atoms with Crippen LogP contribution in [-0.2, 0) is 15.7 Å². The first-order valence-corrected chi connectivity index (χ1v) is 6.08. The third-order valence-electron chi connectivity index (χ3n) is 2.09. The van der Waals surface area contributed by atoms with Crippen molar-refractivity contribution < 1.29 is 9.26 Å². The molecule has 1 aliphatic rings. The van der Waals surface area contributed by atoms with Crippen LogP contribution in [0.3, 0.4) is 0 Å². The van der Waals surface area contributed by atoms with Crippen LogP contribution in [0.5, 0.6) is 0 Å². The number of hydrogen-bond donors (Lipinski definition) is 0. The van der Waals surface area contributed by atoms with Gasteiger partial charge in [0.25, 0.3) is 0 Å². The minimum Gasteiger partial charge on any atom is -0.379 e. The van der Waals surface area contributed by atoms with E-state index in [9.17, 15) is 0 Å². The SMILES string of the molecule is ICc1nc(CN2CCOCC2)no1. The molecule has 1 aliphatic heterocycles. The normalized spacial score (nSPS) is 18.6. The molecule has 0 spiro atoms. The monoisotopic (exact) mass is 309 g/mol. The first-order chi connectivity index (χ1) is 6.88. The average Bonchev–Trinajstić information content (AvgIpc) is 2.67. The highest BCUT2D eigenvalue weighted by atomic mass is 127. The second-order valence-corrected chi connectivity index (χ2v) is 3.89. The van der Waals surface area contributed by atoms with Crippen molar-refractivity contribution in [1.29, 1.82) is 0 Å². The van der Waals surface area contributed by atoms with Crippen molar-refractivity contribution >= 4 is 22.6 Å². The molecule has 0 unspecified atom stereocenters. The van der Waals surface area contributed by atoms with E-state index in [1.807, 2.05) is 0 Å². The molecule has 5 nitrogen and oxygen atoms in total. The van der Waals surface area contributed by atoms with E-state index in [0.717, 1.165) is 43.1 Å². The zero-order chi connectivity index (χ0) is 9.80. The van der Waals surface area contributed by atoms with E-state index >= 15 is 0 Å². The zero-order valence-corrected chi connectivity index (χ0v) is 9.94. The Morgan fingerprint density at radius 1 is 1.36 bits per heavy atom. The van der Waals surface area contributed by atoms with Gasteiger partial charge in [-0.25, -0.2) is 0 Å². The quantitative estimate of drug-likeness (QED) is 0.612. The summed E-state index contributed by atoms with van der Waals surface area (Å²) in [5, 5.41) is 3.91. The molecule has 0 saturated carbocycles. The number of hydrogen-bond acceptors (Lipinski definition) is 5. The first kappa shape index (κ1) is 10.3. The van der Waals surface area contributed by atoms with Crippen molar-refractivity contribution in [2.24, 2.45) is 0 Å². The van der Waals surface area contributed by atoms with Crippen LogP contribution in [-0.4, -0.2) is 41.3 Å². The van der Waals surface area contributed by atoms with Gasteiger partial charge in [0.05, 0.1) is 24.2 Å². The van der Waals surface area contributed by atoms with Gasteiger partial charge in [0.15, 0.2) is 5.82 Å². The molecule has 1 fully saturated rings. The Labute approximate surface area is 95.9 Å². The fourth-order valence-corrected chi connectivity index (χ4v) is 1.68. The Kier molecular flexibility index (Phi) is 3.71. The standard InChI is InChI=1S/C8H12IN3O2/c9-5-8-10-7(11-14-8)6-12-1-3-13-4-2-12/h1-6H2. The minimum atomic E-state index is 0.703. The average molecular weight is 309 g/mol. The van der Waals surface area contributed by atoms with E-state index in [4.69, 9.17) is 9.26 Å². The molecule has 0 amide bonds. The number of alkyl halides is 1. The lowest BCUT2D eigenvalue weighted by Crippen LogP contribution is -2.35. The summed E-state index contributed by atoms with van der Waals surface area (Å²) >= 11 is 2.21. The third-order valence-corrected chi connectivity index (χ3v) is 2.75. The predicted molar refractivity (Wildman–Crippen MR) is 58.1 cm³/mol. The third kappa shape index (κ3) is 2.64. The van der Waals surface area contributed by atoms with Gasteiger partial charge in [0, 0.05) is 13.1 Å². The van der Waals surface area contributed by atoms with Crippen molar-refractivity contribution in [3.63, 3.8) is 0 Å². The first-order valence-electron chi connectivity index (χ1n) is 4.56. The van der Waals surface area contributed by atoms with E-state index in [2.05, 4.69) is 37.6 Å². The molecule has 0 aromatic carbocycles. The van der Waals surface area contributed by atoms with Gasteiger partial charge in [0.1, 0.15) is 0 Å². The second kappa shape index (κ2) is 5.04. The van der Waals surface area contributed by atoms with Gasteiger partial charge >= 0.3 is 0 Å². The van der Waals surface area contributed by atoms with Crippen LogP contribution in [0, 0.1) is 0 Å². The molecule has 1 aromatic heterocycles. The maximum Gasteiger partial charge on any atom is 0.236 e. The predicted octanol–water partition coefficient (Wildman–Crippen LogP) is 0.837. The van der Waals surface area contributed by atoms with Gasteiger partial charge < -0.3 is 9.26 Å². The number of morpholine rings is 1. The molecule has 2 heterocycles. The summed E-state index contributed by atoms with van der Waals surface area (Å²) in [6, 6.07) is 0. The lowest BCUT2D eigenvalue weighted by Gasteiger charge is -2.24. The molecule has 0 aliphatic carbocycles. The lowest BCUT2D eigenvalue weighted by molar-refractivity contribution is 0.0327. The van der Waals surface area contributed by atoms with Crippen molar-refractivity contribution in [3.8, 4) is 0 Å². The Bertz CT molecular complexity index is 286. The Hall–Kier alpha value is -0.210. The summed E-state index contributed by atoms with van der Waals surface area (Å²) < 4.78 is 11.1. The van der Waals surface area contributed by atoms with E-state index < -0.39 is 0 Å². The molecule has 0 bridgehead atoms. The number of halogens is 1. The molecule has 1 saturated heterocycles. The molecular weight excluding hydrogens is 297 g/mol. The molecule has 1 aromatic rings. The summed E-state index contributed by atoms with van der Waals surface area (Å²) in [5.41, 5.74) is 0. The summed E-state index contributed by atoms with van der Waals surface area (Å²) in [7, 11) is 0. The summed E-state index contributed by atoms with van der Waals surface area (Å²) in [6.07, 6.45) is 0. The Morgan fingerprint density at radius 2 is 2.14 bits per heavy atom. The molecular formula is C8H12IN3O2. The van der Waals surface area contributed by atoms with Gasteiger partial charge in [-0.05, 0) is 0 Å². The highest BCUT2D eigenvalue weighted by Gasteiger charge is 2.13. The maximum atomic E-state index is 5.26. The van der Waals surface area contributed by atoms with Crippen LogP contribution in [0.4, 0.5) is 0 Å².